The first kappa shape index (κ1) is 23.1. The largest absolute Gasteiger partial charge is 0.497 e. The van der Waals surface area contributed by atoms with Crippen LogP contribution in [0.1, 0.15) is 37.7 Å². The fourth-order valence-corrected chi connectivity index (χ4v) is 3.43. The first-order chi connectivity index (χ1) is 15.0. The molecule has 1 N–H and O–H groups in total. The topological polar surface area (TPSA) is 124 Å². The summed E-state index contributed by atoms with van der Waals surface area (Å²) >= 11 is 0. The van der Waals surface area contributed by atoms with E-state index >= 15 is 0 Å². The molecule has 2 aromatic rings. The highest BCUT2D eigenvalue weighted by Crippen LogP contribution is 2.32. The molecule has 2 atom stereocenters. The minimum absolute atomic E-state index is 0.0133. The molecule has 0 saturated carbocycles. The first-order valence-electron chi connectivity index (χ1n) is 9.98. The monoisotopic (exact) mass is 446 g/mol. The van der Waals surface area contributed by atoms with Gasteiger partial charge in [-0.15, -0.1) is 0 Å². The fraction of sp³-hybridized carbons (Fsp3) is 0.455. The van der Waals surface area contributed by atoms with Gasteiger partial charge in [-0.2, -0.15) is 0 Å². The lowest BCUT2D eigenvalue weighted by molar-refractivity contribution is -0.142. The van der Waals surface area contributed by atoms with Crippen LogP contribution in [-0.4, -0.2) is 71.5 Å². The number of nitrogens with zero attached hydrogens (tertiary/aromatic N) is 2. The van der Waals surface area contributed by atoms with Crippen LogP contribution in [0.25, 0.3) is 10.9 Å². The standard InChI is InChI=1S/C22H26N2O8/c1-22(2,3)32-21(28)24-11-13(9-17(24)19(25)26)31-18-10-16(20(27)30-5)23-15-8-12(29-4)6-7-14(15)18/h6-8,10,13,17H,9,11H2,1-5H3,(H,25,26)/t13-,17?/m1/s1. The summed E-state index contributed by atoms with van der Waals surface area (Å²) in [7, 11) is 2.76. The third-order valence-electron chi connectivity index (χ3n) is 4.84. The Morgan fingerprint density at radius 2 is 1.88 bits per heavy atom. The van der Waals surface area contributed by atoms with E-state index in [1.807, 2.05) is 0 Å². The van der Waals surface area contributed by atoms with Crippen molar-refractivity contribution in [3.63, 3.8) is 0 Å². The summed E-state index contributed by atoms with van der Waals surface area (Å²) in [6.45, 7) is 5.13. The Bertz CT molecular complexity index is 1050. The molecule has 0 radical (unpaired) electrons. The van der Waals surface area contributed by atoms with Gasteiger partial charge in [-0.3, -0.25) is 4.90 Å². The number of carbonyl (C=O) groups excluding carboxylic acids is 2. The molecular formula is C22H26N2O8. The second kappa shape index (κ2) is 8.89. The lowest BCUT2D eigenvalue weighted by Crippen LogP contribution is -2.43. The van der Waals surface area contributed by atoms with Gasteiger partial charge in [0.2, 0.25) is 0 Å². The number of esters is 1. The van der Waals surface area contributed by atoms with Crippen LogP contribution in [-0.2, 0) is 14.3 Å². The SMILES string of the molecule is COC(=O)c1cc(O[C@@H]2CC(C(=O)O)N(C(=O)OC(C)(C)C)C2)c2ccc(OC)cc2n1. The number of aromatic nitrogens is 1. The number of aliphatic carboxylic acids is 1. The van der Waals surface area contributed by atoms with Crippen LogP contribution in [0.4, 0.5) is 4.79 Å². The summed E-state index contributed by atoms with van der Waals surface area (Å²) in [5.41, 5.74) is -0.298. The van der Waals surface area contributed by atoms with Crippen molar-refractivity contribution in [1.82, 2.24) is 9.88 Å². The predicted molar refractivity (Wildman–Crippen MR) is 113 cm³/mol. The molecule has 1 unspecified atom stereocenters. The van der Waals surface area contributed by atoms with E-state index in [1.165, 1.54) is 20.3 Å². The number of hydrogen-bond acceptors (Lipinski definition) is 8. The highest BCUT2D eigenvalue weighted by atomic mass is 16.6. The Hall–Kier alpha value is -3.56. The molecule has 1 aliphatic heterocycles. The summed E-state index contributed by atoms with van der Waals surface area (Å²) in [5, 5.41) is 10.2. The van der Waals surface area contributed by atoms with Crippen molar-refractivity contribution in [3.05, 3.63) is 30.0 Å². The molecule has 0 bridgehead atoms. The average molecular weight is 446 g/mol. The molecule has 2 heterocycles. The van der Waals surface area contributed by atoms with Gasteiger partial charge in [0.15, 0.2) is 5.69 Å². The lowest BCUT2D eigenvalue weighted by atomic mass is 10.1. The van der Waals surface area contributed by atoms with E-state index in [9.17, 15) is 19.5 Å². The van der Waals surface area contributed by atoms with Gasteiger partial charge in [-0.1, -0.05) is 0 Å². The molecule has 0 spiro atoms. The molecule has 1 fully saturated rings. The number of ether oxygens (including phenoxy) is 4. The number of carbonyl (C=O) groups is 3. The molecule has 1 aromatic carbocycles. The minimum Gasteiger partial charge on any atom is -0.497 e. The van der Waals surface area contributed by atoms with Crippen molar-refractivity contribution >= 4 is 28.9 Å². The Morgan fingerprint density at radius 3 is 2.47 bits per heavy atom. The molecule has 1 amide bonds. The zero-order chi connectivity index (χ0) is 23.6. The number of rotatable bonds is 5. The van der Waals surface area contributed by atoms with Crippen molar-refractivity contribution in [1.29, 1.82) is 0 Å². The number of methoxy groups -OCH3 is 2. The third-order valence-corrected chi connectivity index (χ3v) is 4.84. The molecular weight excluding hydrogens is 420 g/mol. The van der Waals surface area contributed by atoms with E-state index in [4.69, 9.17) is 18.9 Å². The zero-order valence-electron chi connectivity index (χ0n) is 18.6. The van der Waals surface area contributed by atoms with Crippen LogP contribution in [0.5, 0.6) is 11.5 Å². The molecule has 3 rings (SSSR count). The summed E-state index contributed by atoms with van der Waals surface area (Å²) in [4.78, 5) is 41.8. The van der Waals surface area contributed by atoms with Gasteiger partial charge in [0.25, 0.3) is 0 Å². The normalized spacial score (nSPS) is 18.3. The van der Waals surface area contributed by atoms with Gasteiger partial charge in [-0.25, -0.2) is 19.4 Å². The molecule has 1 aliphatic rings. The van der Waals surface area contributed by atoms with E-state index in [2.05, 4.69) is 4.98 Å². The molecule has 10 nitrogen and oxygen atoms in total. The summed E-state index contributed by atoms with van der Waals surface area (Å²) in [6.07, 6.45) is -1.31. The third kappa shape index (κ3) is 5.01. The van der Waals surface area contributed by atoms with Gasteiger partial charge >= 0.3 is 18.0 Å². The van der Waals surface area contributed by atoms with E-state index in [0.29, 0.717) is 22.4 Å². The smallest absolute Gasteiger partial charge is 0.411 e. The van der Waals surface area contributed by atoms with E-state index < -0.39 is 35.8 Å². The highest BCUT2D eigenvalue weighted by molar-refractivity contribution is 5.94. The lowest BCUT2D eigenvalue weighted by Gasteiger charge is -2.26. The number of carboxylic acid groups (broad SMARTS) is 1. The van der Waals surface area contributed by atoms with Crippen molar-refractivity contribution in [3.8, 4) is 11.5 Å². The van der Waals surface area contributed by atoms with Crippen molar-refractivity contribution in [2.75, 3.05) is 20.8 Å². The Labute approximate surface area is 185 Å². The van der Waals surface area contributed by atoms with Gasteiger partial charge in [0.05, 0.1) is 26.3 Å². The van der Waals surface area contributed by atoms with E-state index in [0.717, 1.165) is 4.90 Å². The molecule has 1 saturated heterocycles. The number of carboxylic acids is 1. The number of benzene rings is 1. The van der Waals surface area contributed by atoms with Crippen molar-refractivity contribution in [2.24, 2.45) is 0 Å². The number of hydrogen-bond donors (Lipinski definition) is 1. The van der Waals surface area contributed by atoms with E-state index in [1.54, 1.807) is 39.0 Å². The first-order valence-corrected chi connectivity index (χ1v) is 9.98. The number of likely N-dealkylation sites (tertiary alicyclic amines) is 1. The summed E-state index contributed by atoms with van der Waals surface area (Å²) in [5.74, 6) is -0.939. The molecule has 32 heavy (non-hydrogen) atoms. The number of fused-ring (bicyclic) bond motifs is 1. The second-order valence-electron chi connectivity index (χ2n) is 8.34. The predicted octanol–water partition coefficient (Wildman–Crippen LogP) is 2.87. The summed E-state index contributed by atoms with van der Waals surface area (Å²) in [6, 6.07) is 5.44. The second-order valence-corrected chi connectivity index (χ2v) is 8.34. The number of pyridine rings is 1. The zero-order valence-corrected chi connectivity index (χ0v) is 18.6. The van der Waals surface area contributed by atoms with Crippen LogP contribution < -0.4 is 9.47 Å². The van der Waals surface area contributed by atoms with Crippen LogP contribution >= 0.6 is 0 Å². The van der Waals surface area contributed by atoms with E-state index in [-0.39, 0.29) is 18.7 Å². The average Bonchev–Trinajstić information content (AvgIpc) is 3.15. The van der Waals surface area contributed by atoms with Gasteiger partial charge < -0.3 is 24.1 Å². The number of amides is 1. The Morgan fingerprint density at radius 1 is 1.16 bits per heavy atom. The maximum Gasteiger partial charge on any atom is 0.411 e. The molecule has 0 aliphatic carbocycles. The summed E-state index contributed by atoms with van der Waals surface area (Å²) < 4.78 is 21.4. The van der Waals surface area contributed by atoms with Crippen LogP contribution in [0, 0.1) is 0 Å². The quantitative estimate of drug-likeness (QED) is 0.690. The maximum atomic E-state index is 12.5. The van der Waals surface area contributed by atoms with Crippen LogP contribution in [0.15, 0.2) is 24.3 Å². The Kier molecular flexibility index (Phi) is 6.42. The van der Waals surface area contributed by atoms with Gasteiger partial charge in [0.1, 0.15) is 29.2 Å². The Balaban J connectivity index is 1.93. The van der Waals surface area contributed by atoms with Crippen LogP contribution in [0.3, 0.4) is 0 Å². The highest BCUT2D eigenvalue weighted by Gasteiger charge is 2.43. The molecule has 1 aromatic heterocycles. The van der Waals surface area contributed by atoms with Crippen molar-refractivity contribution < 1.29 is 38.4 Å². The fourth-order valence-electron chi connectivity index (χ4n) is 3.43. The maximum absolute atomic E-state index is 12.5. The molecule has 10 heteroatoms. The minimum atomic E-state index is -1.15. The van der Waals surface area contributed by atoms with Crippen LogP contribution in [0.2, 0.25) is 0 Å². The molecule has 172 valence electrons. The van der Waals surface area contributed by atoms with Crippen molar-refractivity contribution in [2.45, 2.75) is 44.9 Å². The van der Waals surface area contributed by atoms with Gasteiger partial charge in [0, 0.05) is 23.9 Å². The van der Waals surface area contributed by atoms with Gasteiger partial charge in [-0.05, 0) is 32.9 Å².